The zero-order valence-electron chi connectivity index (χ0n) is 14.2. The number of carbonyl (C=O) groups excluding carboxylic acids is 3. The minimum absolute atomic E-state index is 0.0272. The highest BCUT2D eigenvalue weighted by atomic mass is 16.5. The van der Waals surface area contributed by atoms with Crippen LogP contribution in [0.3, 0.4) is 0 Å². The Kier molecular flexibility index (Phi) is 4.40. The van der Waals surface area contributed by atoms with E-state index in [4.69, 9.17) is 4.74 Å². The summed E-state index contributed by atoms with van der Waals surface area (Å²) in [4.78, 5) is 38.1. The summed E-state index contributed by atoms with van der Waals surface area (Å²) in [5.41, 5.74) is 0.830. The van der Waals surface area contributed by atoms with Gasteiger partial charge in [0.25, 0.3) is 11.8 Å². The van der Waals surface area contributed by atoms with Crippen molar-refractivity contribution in [2.24, 2.45) is 0 Å². The van der Waals surface area contributed by atoms with Gasteiger partial charge in [-0.2, -0.15) is 0 Å². The maximum Gasteiger partial charge on any atom is 0.316 e. The number of imide groups is 1. The van der Waals surface area contributed by atoms with Crippen LogP contribution in [0.15, 0.2) is 54.6 Å². The van der Waals surface area contributed by atoms with Gasteiger partial charge in [-0.25, -0.2) is 0 Å². The van der Waals surface area contributed by atoms with Gasteiger partial charge in [0, 0.05) is 0 Å². The van der Waals surface area contributed by atoms with Crippen LogP contribution in [0, 0.1) is 0 Å². The van der Waals surface area contributed by atoms with Gasteiger partial charge in [0.1, 0.15) is 6.61 Å². The van der Waals surface area contributed by atoms with Crippen molar-refractivity contribution in [1.82, 2.24) is 4.90 Å². The number of rotatable bonds is 5. The zero-order valence-corrected chi connectivity index (χ0v) is 14.2. The Bertz CT molecular complexity index is 792. The lowest BCUT2D eigenvalue weighted by atomic mass is 9.85. The van der Waals surface area contributed by atoms with Crippen LogP contribution >= 0.6 is 0 Å². The number of carbonyl (C=O) groups is 3. The van der Waals surface area contributed by atoms with Crippen molar-refractivity contribution in [3.63, 3.8) is 0 Å². The lowest BCUT2D eigenvalue weighted by molar-refractivity contribution is -0.149. The van der Waals surface area contributed by atoms with E-state index in [0.717, 1.165) is 10.5 Å². The molecule has 0 bridgehead atoms. The van der Waals surface area contributed by atoms with Gasteiger partial charge < -0.3 is 4.74 Å². The van der Waals surface area contributed by atoms with Crippen LogP contribution in [0.4, 0.5) is 0 Å². The molecular formula is C20H19NO4. The van der Waals surface area contributed by atoms with E-state index < -0.39 is 11.4 Å². The van der Waals surface area contributed by atoms with Gasteiger partial charge in [-0.05, 0) is 31.5 Å². The Labute approximate surface area is 146 Å². The first-order chi connectivity index (χ1) is 11.9. The normalized spacial score (nSPS) is 13.8. The summed E-state index contributed by atoms with van der Waals surface area (Å²) in [6.07, 6.45) is 0. The Hall–Kier alpha value is -2.95. The standard InChI is InChI=1S/C20H19NO4/c1-20(2,14-8-4-3-5-9-14)19(24)25-13-12-21-17(22)15-10-6-7-11-16(15)18(21)23/h3-11H,12-13H2,1-2H3. The number of ether oxygens (including phenoxy) is 1. The number of fused-ring (bicyclic) bond motifs is 1. The fraction of sp³-hybridized carbons (Fsp3) is 0.250. The molecule has 1 heterocycles. The number of amides is 2. The van der Waals surface area contributed by atoms with Crippen LogP contribution in [0.1, 0.15) is 40.1 Å². The minimum atomic E-state index is -0.802. The molecule has 0 atom stereocenters. The molecule has 0 spiro atoms. The summed E-state index contributed by atoms with van der Waals surface area (Å²) in [5.74, 6) is -1.09. The van der Waals surface area contributed by atoms with Crippen molar-refractivity contribution < 1.29 is 19.1 Å². The Balaban J connectivity index is 1.61. The molecule has 2 aromatic carbocycles. The maximum atomic E-state index is 12.4. The van der Waals surface area contributed by atoms with Crippen molar-refractivity contribution in [1.29, 1.82) is 0 Å². The van der Waals surface area contributed by atoms with E-state index >= 15 is 0 Å². The van der Waals surface area contributed by atoms with Gasteiger partial charge in [-0.3, -0.25) is 19.3 Å². The fourth-order valence-electron chi connectivity index (χ4n) is 2.82. The van der Waals surface area contributed by atoms with E-state index in [1.165, 1.54) is 0 Å². The van der Waals surface area contributed by atoms with Gasteiger partial charge in [0.15, 0.2) is 0 Å². The number of nitrogens with zero attached hydrogens (tertiary/aromatic N) is 1. The van der Waals surface area contributed by atoms with E-state index in [1.54, 1.807) is 38.1 Å². The first kappa shape index (κ1) is 16.9. The third-order valence-corrected chi connectivity index (χ3v) is 4.43. The van der Waals surface area contributed by atoms with Crippen LogP contribution in [-0.2, 0) is 14.9 Å². The van der Waals surface area contributed by atoms with Crippen LogP contribution in [0.2, 0.25) is 0 Å². The average Bonchev–Trinajstić information content (AvgIpc) is 2.87. The number of hydrogen-bond acceptors (Lipinski definition) is 4. The molecular weight excluding hydrogens is 318 g/mol. The summed E-state index contributed by atoms with van der Waals surface area (Å²) in [6.45, 7) is 3.59. The van der Waals surface area contributed by atoms with Crippen LogP contribution in [-0.4, -0.2) is 35.8 Å². The molecule has 2 amide bonds. The number of esters is 1. The lowest BCUT2D eigenvalue weighted by Crippen LogP contribution is -2.36. The first-order valence-electron chi connectivity index (χ1n) is 8.11. The molecule has 2 aromatic rings. The molecule has 25 heavy (non-hydrogen) atoms. The second-order valence-electron chi connectivity index (χ2n) is 6.43. The molecule has 0 fully saturated rings. The molecule has 128 valence electrons. The van der Waals surface area contributed by atoms with E-state index in [9.17, 15) is 14.4 Å². The van der Waals surface area contributed by atoms with E-state index in [0.29, 0.717) is 11.1 Å². The molecule has 0 aliphatic carbocycles. The Morgan fingerprint density at radius 3 is 2.00 bits per heavy atom. The van der Waals surface area contributed by atoms with Crippen molar-refractivity contribution in [2.75, 3.05) is 13.2 Å². The summed E-state index contributed by atoms with van der Waals surface area (Å²) in [7, 11) is 0. The zero-order chi connectivity index (χ0) is 18.0. The van der Waals surface area contributed by atoms with Gasteiger partial charge in [0.2, 0.25) is 0 Å². The minimum Gasteiger partial charge on any atom is -0.463 e. The molecule has 0 radical (unpaired) electrons. The quantitative estimate of drug-likeness (QED) is 0.622. The summed E-state index contributed by atoms with van der Waals surface area (Å²) < 4.78 is 5.33. The number of benzene rings is 2. The van der Waals surface area contributed by atoms with Crippen molar-refractivity contribution in [2.45, 2.75) is 19.3 Å². The van der Waals surface area contributed by atoms with Crippen LogP contribution in [0.5, 0.6) is 0 Å². The third kappa shape index (κ3) is 3.05. The van der Waals surface area contributed by atoms with Crippen molar-refractivity contribution in [3.8, 4) is 0 Å². The molecule has 1 aliphatic rings. The SMILES string of the molecule is CC(C)(C(=O)OCCN1C(=O)c2ccccc2C1=O)c1ccccc1. The molecule has 0 saturated heterocycles. The lowest BCUT2D eigenvalue weighted by Gasteiger charge is -2.23. The second kappa shape index (κ2) is 6.51. The van der Waals surface area contributed by atoms with Gasteiger partial charge in [-0.1, -0.05) is 42.5 Å². The van der Waals surface area contributed by atoms with Crippen LogP contribution in [0.25, 0.3) is 0 Å². The van der Waals surface area contributed by atoms with Crippen LogP contribution < -0.4 is 0 Å². The van der Waals surface area contributed by atoms with Gasteiger partial charge >= 0.3 is 5.97 Å². The molecule has 1 aliphatic heterocycles. The summed E-state index contributed by atoms with van der Waals surface area (Å²) in [5, 5.41) is 0. The first-order valence-corrected chi connectivity index (χ1v) is 8.11. The van der Waals surface area contributed by atoms with E-state index in [-0.39, 0.29) is 25.0 Å². The predicted octanol–water partition coefficient (Wildman–Crippen LogP) is 2.80. The topological polar surface area (TPSA) is 63.7 Å². The summed E-state index contributed by atoms with van der Waals surface area (Å²) in [6, 6.07) is 16.0. The highest BCUT2D eigenvalue weighted by molar-refractivity contribution is 6.21. The molecule has 3 rings (SSSR count). The number of hydrogen-bond donors (Lipinski definition) is 0. The molecule has 5 heteroatoms. The van der Waals surface area contributed by atoms with Gasteiger partial charge in [0.05, 0.1) is 23.1 Å². The molecule has 0 unspecified atom stereocenters. The smallest absolute Gasteiger partial charge is 0.316 e. The monoisotopic (exact) mass is 337 g/mol. The highest BCUT2D eigenvalue weighted by Gasteiger charge is 2.36. The Morgan fingerprint density at radius 2 is 1.44 bits per heavy atom. The summed E-state index contributed by atoms with van der Waals surface area (Å²) >= 11 is 0. The maximum absolute atomic E-state index is 12.4. The Morgan fingerprint density at radius 1 is 0.920 bits per heavy atom. The third-order valence-electron chi connectivity index (χ3n) is 4.43. The molecule has 0 saturated carbocycles. The molecule has 0 aromatic heterocycles. The van der Waals surface area contributed by atoms with E-state index in [2.05, 4.69) is 0 Å². The van der Waals surface area contributed by atoms with E-state index in [1.807, 2.05) is 30.3 Å². The largest absolute Gasteiger partial charge is 0.463 e. The predicted molar refractivity (Wildman–Crippen MR) is 92.2 cm³/mol. The van der Waals surface area contributed by atoms with Gasteiger partial charge in [-0.15, -0.1) is 0 Å². The second-order valence-corrected chi connectivity index (χ2v) is 6.43. The fourth-order valence-corrected chi connectivity index (χ4v) is 2.82. The van der Waals surface area contributed by atoms with Crippen molar-refractivity contribution >= 4 is 17.8 Å². The molecule has 0 N–H and O–H groups in total. The van der Waals surface area contributed by atoms with Crippen molar-refractivity contribution in [3.05, 3.63) is 71.3 Å². The highest BCUT2D eigenvalue weighted by Crippen LogP contribution is 2.25. The molecule has 5 nitrogen and oxygen atoms in total. The average molecular weight is 337 g/mol.